The predicted octanol–water partition coefficient (Wildman–Crippen LogP) is 1.35. The highest BCUT2D eigenvalue weighted by molar-refractivity contribution is 5.96. The Morgan fingerprint density at radius 1 is 1.21 bits per heavy atom. The molecule has 13 heteroatoms. The van der Waals surface area contributed by atoms with Crippen LogP contribution in [0.1, 0.15) is 39.8 Å². The highest BCUT2D eigenvalue weighted by atomic mass is 19.4. The van der Waals surface area contributed by atoms with Gasteiger partial charge in [-0.25, -0.2) is 4.79 Å². The standard InChI is InChI=1S/C18H23N5O3.C2HF3O2/c1-4-20(2)17(25)14-11-19-23-10-6-9-22(12-15(14)23)18(26)13-7-5-8-21(3)16(13)24;3-2(4,5)1(6)7/h5,7-8,11H,4,6,9-10,12H2,1-3H3;(H,6,7). The molecule has 2 amide bonds. The lowest BCUT2D eigenvalue weighted by Crippen LogP contribution is -2.36. The molecule has 10 nitrogen and oxygen atoms in total. The predicted molar refractivity (Wildman–Crippen MR) is 110 cm³/mol. The number of nitrogens with zero attached hydrogens (tertiary/aromatic N) is 5. The Kier molecular flexibility index (Phi) is 8.01. The maximum absolute atomic E-state index is 12.9. The Balaban J connectivity index is 0.000000479. The molecule has 0 saturated carbocycles. The molecule has 2 aromatic rings. The number of hydrogen-bond donors (Lipinski definition) is 1. The third-order valence-electron chi connectivity index (χ3n) is 5.02. The maximum Gasteiger partial charge on any atom is 0.490 e. The van der Waals surface area contributed by atoms with Crippen molar-refractivity contribution in [2.75, 3.05) is 20.1 Å². The van der Waals surface area contributed by atoms with Gasteiger partial charge in [0.25, 0.3) is 17.4 Å². The smallest absolute Gasteiger partial charge is 0.475 e. The van der Waals surface area contributed by atoms with E-state index in [0.717, 1.165) is 0 Å². The van der Waals surface area contributed by atoms with Crippen LogP contribution in [0.2, 0.25) is 0 Å². The van der Waals surface area contributed by atoms with Crippen LogP contribution in [0.25, 0.3) is 0 Å². The molecular weight excluding hydrogens is 447 g/mol. The van der Waals surface area contributed by atoms with E-state index in [9.17, 15) is 27.6 Å². The van der Waals surface area contributed by atoms with Crippen LogP contribution < -0.4 is 5.56 Å². The molecule has 0 bridgehead atoms. The Morgan fingerprint density at radius 3 is 2.42 bits per heavy atom. The number of aryl methyl sites for hydroxylation is 2. The molecule has 2 aromatic heterocycles. The number of amides is 2. The molecule has 0 spiro atoms. The zero-order valence-corrected chi connectivity index (χ0v) is 18.3. The van der Waals surface area contributed by atoms with E-state index in [-0.39, 0.29) is 29.5 Å². The summed E-state index contributed by atoms with van der Waals surface area (Å²) in [6, 6.07) is 3.23. The molecular formula is C20H24F3N5O5. The van der Waals surface area contributed by atoms with Crippen molar-refractivity contribution in [2.24, 2.45) is 7.05 Å². The number of carboxylic acids is 1. The lowest BCUT2D eigenvalue weighted by Gasteiger charge is -2.21. The molecule has 0 radical (unpaired) electrons. The number of aliphatic carboxylic acids is 1. The van der Waals surface area contributed by atoms with E-state index in [1.54, 1.807) is 53.1 Å². The Morgan fingerprint density at radius 2 is 1.85 bits per heavy atom. The quantitative estimate of drug-likeness (QED) is 0.722. The first-order valence-corrected chi connectivity index (χ1v) is 9.93. The maximum atomic E-state index is 12.9. The van der Waals surface area contributed by atoms with E-state index in [0.29, 0.717) is 37.3 Å². The SMILES string of the molecule is CCN(C)C(=O)c1cnn2c1CN(C(=O)c1cccn(C)c1=O)CCC2.O=C(O)C(F)(F)F. The van der Waals surface area contributed by atoms with Gasteiger partial charge in [0.15, 0.2) is 0 Å². The van der Waals surface area contributed by atoms with Crippen LogP contribution in [0.3, 0.4) is 0 Å². The van der Waals surface area contributed by atoms with Gasteiger partial charge in [-0.3, -0.25) is 19.1 Å². The zero-order valence-electron chi connectivity index (χ0n) is 18.3. The number of pyridine rings is 1. The second kappa shape index (κ2) is 10.3. The van der Waals surface area contributed by atoms with E-state index in [1.165, 1.54) is 4.57 Å². The van der Waals surface area contributed by atoms with Gasteiger partial charge in [0.1, 0.15) is 5.56 Å². The highest BCUT2D eigenvalue weighted by Gasteiger charge is 2.38. The minimum Gasteiger partial charge on any atom is -0.475 e. The van der Waals surface area contributed by atoms with Crippen LogP contribution in [-0.2, 0) is 24.9 Å². The van der Waals surface area contributed by atoms with Gasteiger partial charge in [0.2, 0.25) is 0 Å². The summed E-state index contributed by atoms with van der Waals surface area (Å²) in [5.41, 5.74) is 1.04. The number of rotatable bonds is 3. The number of halogens is 3. The number of fused-ring (bicyclic) bond motifs is 1. The van der Waals surface area contributed by atoms with Crippen molar-refractivity contribution in [1.82, 2.24) is 24.1 Å². The lowest BCUT2D eigenvalue weighted by molar-refractivity contribution is -0.192. The summed E-state index contributed by atoms with van der Waals surface area (Å²) < 4.78 is 34.9. The van der Waals surface area contributed by atoms with Crippen LogP contribution in [0.5, 0.6) is 0 Å². The van der Waals surface area contributed by atoms with Crippen molar-refractivity contribution in [2.45, 2.75) is 32.6 Å². The lowest BCUT2D eigenvalue weighted by atomic mass is 10.2. The third kappa shape index (κ3) is 5.99. The number of carbonyl (C=O) groups is 3. The first-order chi connectivity index (χ1) is 15.4. The first kappa shape index (κ1) is 25.6. The van der Waals surface area contributed by atoms with Gasteiger partial charge >= 0.3 is 12.1 Å². The van der Waals surface area contributed by atoms with Gasteiger partial charge in [-0.15, -0.1) is 0 Å². The second-order valence-electron chi connectivity index (χ2n) is 7.27. The van der Waals surface area contributed by atoms with Crippen molar-refractivity contribution in [3.05, 3.63) is 51.7 Å². The van der Waals surface area contributed by atoms with Crippen LogP contribution in [-0.4, -0.2) is 73.4 Å². The van der Waals surface area contributed by atoms with Gasteiger partial charge in [-0.05, 0) is 25.5 Å². The number of aromatic nitrogens is 3. The van der Waals surface area contributed by atoms with Crippen LogP contribution in [0.15, 0.2) is 29.3 Å². The summed E-state index contributed by atoms with van der Waals surface area (Å²) in [6.07, 6.45) is -1.18. The summed E-state index contributed by atoms with van der Waals surface area (Å²) >= 11 is 0. The minimum absolute atomic E-state index is 0.112. The molecule has 0 unspecified atom stereocenters. The normalized spacial score (nSPS) is 13.3. The fraction of sp³-hybridized carbons (Fsp3) is 0.450. The monoisotopic (exact) mass is 471 g/mol. The van der Waals surface area contributed by atoms with Crippen LogP contribution in [0, 0.1) is 0 Å². The number of hydrogen-bond acceptors (Lipinski definition) is 5. The van der Waals surface area contributed by atoms with Gasteiger partial charge in [0, 0.05) is 39.9 Å². The van der Waals surface area contributed by atoms with E-state index in [4.69, 9.17) is 9.90 Å². The average Bonchev–Trinajstić information content (AvgIpc) is 3.03. The van der Waals surface area contributed by atoms with E-state index >= 15 is 0 Å². The fourth-order valence-electron chi connectivity index (χ4n) is 3.07. The summed E-state index contributed by atoms with van der Waals surface area (Å²) in [6.45, 7) is 3.90. The number of carbonyl (C=O) groups excluding carboxylic acids is 2. The van der Waals surface area contributed by atoms with Crippen molar-refractivity contribution in [3.63, 3.8) is 0 Å². The zero-order chi connectivity index (χ0) is 24.9. The van der Waals surface area contributed by atoms with Gasteiger partial charge in [0.05, 0.1) is 24.0 Å². The van der Waals surface area contributed by atoms with Crippen LogP contribution in [0.4, 0.5) is 13.2 Å². The fourth-order valence-corrected chi connectivity index (χ4v) is 3.07. The Labute approximate surface area is 186 Å². The molecule has 0 saturated heterocycles. The molecule has 1 aliphatic rings. The van der Waals surface area contributed by atoms with Crippen molar-refractivity contribution < 1.29 is 32.7 Å². The Hall–Kier alpha value is -3.64. The molecule has 0 atom stereocenters. The number of carboxylic acid groups (broad SMARTS) is 1. The molecule has 3 rings (SSSR count). The van der Waals surface area contributed by atoms with Gasteiger partial charge in [-0.1, -0.05) is 0 Å². The highest BCUT2D eigenvalue weighted by Crippen LogP contribution is 2.19. The molecule has 0 aromatic carbocycles. The summed E-state index contributed by atoms with van der Waals surface area (Å²) in [4.78, 5) is 49.9. The molecule has 3 heterocycles. The molecule has 0 fully saturated rings. The van der Waals surface area contributed by atoms with Crippen LogP contribution >= 0.6 is 0 Å². The van der Waals surface area contributed by atoms with E-state index in [2.05, 4.69) is 5.10 Å². The summed E-state index contributed by atoms with van der Waals surface area (Å²) in [5, 5.41) is 11.4. The minimum atomic E-state index is -5.08. The summed E-state index contributed by atoms with van der Waals surface area (Å²) in [5.74, 6) is -3.19. The van der Waals surface area contributed by atoms with Crippen molar-refractivity contribution >= 4 is 17.8 Å². The van der Waals surface area contributed by atoms with Crippen molar-refractivity contribution in [1.29, 1.82) is 0 Å². The third-order valence-corrected chi connectivity index (χ3v) is 5.02. The van der Waals surface area contributed by atoms with E-state index in [1.807, 2.05) is 6.92 Å². The molecule has 1 N–H and O–H groups in total. The summed E-state index contributed by atoms with van der Waals surface area (Å²) in [7, 11) is 3.35. The topological polar surface area (TPSA) is 118 Å². The molecule has 1 aliphatic heterocycles. The largest absolute Gasteiger partial charge is 0.490 e. The van der Waals surface area contributed by atoms with Crippen molar-refractivity contribution in [3.8, 4) is 0 Å². The van der Waals surface area contributed by atoms with E-state index < -0.39 is 12.1 Å². The number of alkyl halides is 3. The average molecular weight is 471 g/mol. The molecule has 0 aliphatic carbocycles. The first-order valence-electron chi connectivity index (χ1n) is 9.93. The Bertz CT molecular complexity index is 1090. The molecule has 180 valence electrons. The molecule has 33 heavy (non-hydrogen) atoms. The van der Waals surface area contributed by atoms with Gasteiger partial charge < -0.3 is 19.5 Å². The van der Waals surface area contributed by atoms with Gasteiger partial charge in [-0.2, -0.15) is 18.3 Å². The second-order valence-corrected chi connectivity index (χ2v) is 7.27.